The minimum atomic E-state index is -2.37. The first kappa shape index (κ1) is 24.5. The van der Waals surface area contributed by atoms with E-state index in [4.69, 9.17) is 9.47 Å². The molecule has 0 aromatic heterocycles. The van der Waals surface area contributed by atoms with Gasteiger partial charge in [-0.2, -0.15) is 0 Å². The Hall–Kier alpha value is -2.63. The topological polar surface area (TPSA) is 55.8 Å². The van der Waals surface area contributed by atoms with Crippen LogP contribution in [-0.4, -0.2) is 30.5 Å². The molecule has 2 atom stereocenters. The predicted molar refractivity (Wildman–Crippen MR) is 127 cm³/mol. The average Bonchev–Trinajstić information content (AvgIpc) is 3.69. The normalized spacial score (nSPS) is 24.0. The van der Waals surface area contributed by atoms with Gasteiger partial charge in [0.15, 0.2) is 0 Å². The summed E-state index contributed by atoms with van der Waals surface area (Å²) in [4.78, 5) is 11.7. The molecular weight excluding hydrogens is 438 g/mol. The maximum atomic E-state index is 15.4. The number of carboxylic acids is 1. The molecule has 0 spiro atoms. The van der Waals surface area contributed by atoms with E-state index < -0.39 is 17.1 Å². The lowest BCUT2D eigenvalue weighted by Crippen LogP contribution is -2.51. The maximum absolute atomic E-state index is 15.4. The lowest BCUT2D eigenvalue weighted by atomic mass is 9.67. The Morgan fingerprint density at radius 3 is 2.35 bits per heavy atom. The van der Waals surface area contributed by atoms with E-state index in [0.717, 1.165) is 44.1 Å². The molecule has 6 heteroatoms. The lowest BCUT2D eigenvalue weighted by molar-refractivity contribution is -0.155. The molecule has 0 bridgehead atoms. The van der Waals surface area contributed by atoms with Gasteiger partial charge in [-0.15, -0.1) is 0 Å². The van der Waals surface area contributed by atoms with Crippen LogP contribution in [0.4, 0.5) is 8.78 Å². The third-order valence-corrected chi connectivity index (χ3v) is 8.18. The Morgan fingerprint density at radius 1 is 1.03 bits per heavy atom. The zero-order valence-electron chi connectivity index (χ0n) is 20.2. The number of carboxylic acid groups (broad SMARTS) is 1. The van der Waals surface area contributed by atoms with Crippen molar-refractivity contribution in [3.8, 4) is 11.5 Å². The third kappa shape index (κ3) is 4.64. The van der Waals surface area contributed by atoms with Crippen LogP contribution in [-0.2, 0) is 10.2 Å². The molecule has 0 unspecified atom stereocenters. The highest BCUT2D eigenvalue weighted by Crippen LogP contribution is 2.55. The zero-order valence-corrected chi connectivity index (χ0v) is 20.2. The monoisotopic (exact) mass is 472 g/mol. The zero-order chi connectivity index (χ0) is 24.5. The van der Waals surface area contributed by atoms with Crippen LogP contribution in [0.15, 0.2) is 42.5 Å². The smallest absolute Gasteiger partial charge is 0.342 e. The van der Waals surface area contributed by atoms with E-state index >= 15 is 4.39 Å². The lowest BCUT2D eigenvalue weighted by Gasteiger charge is -2.39. The summed E-state index contributed by atoms with van der Waals surface area (Å²) in [5.41, 5.74) is -2.10. The molecule has 2 saturated carbocycles. The first-order valence-corrected chi connectivity index (χ1v) is 12.2. The van der Waals surface area contributed by atoms with Crippen LogP contribution in [0.2, 0.25) is 0 Å². The van der Waals surface area contributed by atoms with Crippen LogP contribution in [0.5, 0.6) is 11.5 Å². The molecule has 2 aromatic rings. The molecule has 4 rings (SSSR count). The summed E-state index contributed by atoms with van der Waals surface area (Å²) in [7, 11) is 1.59. The van der Waals surface area contributed by atoms with Crippen molar-refractivity contribution in [3.63, 3.8) is 0 Å². The van der Waals surface area contributed by atoms with E-state index in [1.54, 1.807) is 38.3 Å². The van der Waals surface area contributed by atoms with Crippen molar-refractivity contribution in [2.45, 2.75) is 69.4 Å². The fourth-order valence-corrected chi connectivity index (χ4v) is 5.50. The summed E-state index contributed by atoms with van der Waals surface area (Å²) < 4.78 is 41.1. The van der Waals surface area contributed by atoms with Crippen LogP contribution in [0.1, 0.15) is 69.4 Å². The van der Waals surface area contributed by atoms with Crippen LogP contribution in [0.3, 0.4) is 0 Å². The first-order valence-electron chi connectivity index (χ1n) is 12.2. The van der Waals surface area contributed by atoms with E-state index in [9.17, 15) is 14.3 Å². The minimum absolute atomic E-state index is 0.00105. The van der Waals surface area contributed by atoms with E-state index in [-0.39, 0.29) is 17.7 Å². The van der Waals surface area contributed by atoms with Crippen molar-refractivity contribution in [2.24, 2.45) is 11.8 Å². The first-order chi connectivity index (χ1) is 16.2. The van der Waals surface area contributed by atoms with Crippen molar-refractivity contribution in [3.05, 3.63) is 59.4 Å². The van der Waals surface area contributed by atoms with Gasteiger partial charge in [0, 0.05) is 5.41 Å². The molecule has 2 aliphatic rings. The van der Waals surface area contributed by atoms with E-state index in [2.05, 4.69) is 0 Å². The Morgan fingerprint density at radius 2 is 1.74 bits per heavy atom. The van der Waals surface area contributed by atoms with Crippen molar-refractivity contribution >= 4 is 5.97 Å². The molecule has 0 saturated heterocycles. The Kier molecular flexibility index (Phi) is 6.88. The summed E-state index contributed by atoms with van der Waals surface area (Å²) in [5, 5.41) is 9.57. The number of benzene rings is 2. The molecule has 2 aliphatic carbocycles. The number of halogens is 2. The van der Waals surface area contributed by atoms with Gasteiger partial charge in [-0.3, -0.25) is 0 Å². The molecule has 2 aromatic carbocycles. The highest BCUT2D eigenvalue weighted by Gasteiger charge is 2.59. The molecule has 4 nitrogen and oxygen atoms in total. The van der Waals surface area contributed by atoms with E-state index in [0.29, 0.717) is 29.6 Å². The molecule has 0 heterocycles. The highest BCUT2D eigenvalue weighted by molar-refractivity contribution is 5.80. The van der Waals surface area contributed by atoms with Crippen molar-refractivity contribution in [1.29, 1.82) is 0 Å². The van der Waals surface area contributed by atoms with Crippen molar-refractivity contribution in [2.75, 3.05) is 13.7 Å². The number of aliphatic carboxylic acids is 1. The second-order valence-electron chi connectivity index (χ2n) is 10.2. The van der Waals surface area contributed by atoms with Crippen molar-refractivity contribution < 1.29 is 28.2 Å². The number of alkyl halides is 1. The number of hydrogen-bond acceptors (Lipinski definition) is 3. The summed E-state index contributed by atoms with van der Waals surface area (Å²) in [5.74, 6) is 0.218. The fourth-order valence-electron chi connectivity index (χ4n) is 5.50. The number of rotatable bonds is 9. The van der Waals surface area contributed by atoms with Crippen LogP contribution < -0.4 is 9.47 Å². The Balaban J connectivity index is 1.39. The van der Waals surface area contributed by atoms with Crippen LogP contribution in [0.25, 0.3) is 0 Å². The largest absolute Gasteiger partial charge is 0.497 e. The van der Waals surface area contributed by atoms with Gasteiger partial charge >= 0.3 is 5.97 Å². The second kappa shape index (κ2) is 9.55. The van der Waals surface area contributed by atoms with Gasteiger partial charge in [0.05, 0.1) is 13.7 Å². The van der Waals surface area contributed by atoms with Gasteiger partial charge in [0.2, 0.25) is 5.67 Å². The Bertz CT molecular complexity index is 1020. The summed E-state index contributed by atoms with van der Waals surface area (Å²) in [6, 6.07) is 12.2. The number of methoxy groups -OCH3 is 1. The van der Waals surface area contributed by atoms with Crippen molar-refractivity contribution in [1.82, 2.24) is 0 Å². The predicted octanol–water partition coefficient (Wildman–Crippen LogP) is 6.67. The van der Waals surface area contributed by atoms with E-state index in [1.807, 2.05) is 12.1 Å². The standard InChI is InChI=1S/C28H34F2O4/c1-27(20-11-12-20,28(2,30)26(31)32)21-5-4-6-23(15-21)34-17-18-7-9-19(10-8-18)24-16-22(33-3)13-14-25(24)29/h4-6,13-16,18-20H,7-12,17H2,1-3H3,(H,31,32)/t18?,19?,27-,28+/m1/s1. The summed E-state index contributed by atoms with van der Waals surface area (Å²) >= 11 is 0. The molecule has 184 valence electrons. The Labute approximate surface area is 200 Å². The minimum Gasteiger partial charge on any atom is -0.497 e. The van der Waals surface area contributed by atoms with Gasteiger partial charge < -0.3 is 14.6 Å². The molecule has 1 N–H and O–H groups in total. The SMILES string of the molecule is COc1ccc(F)c(C2CCC(COc3cccc([C@@](C)(C4CC4)[C@@](C)(F)C(=O)O)c3)CC2)c1. The highest BCUT2D eigenvalue weighted by atomic mass is 19.1. The number of hydrogen-bond donors (Lipinski definition) is 1. The summed E-state index contributed by atoms with van der Waals surface area (Å²) in [6.45, 7) is 3.42. The number of ether oxygens (including phenoxy) is 2. The average molecular weight is 473 g/mol. The van der Waals surface area contributed by atoms with E-state index in [1.165, 1.54) is 13.0 Å². The molecule has 34 heavy (non-hydrogen) atoms. The molecule has 0 radical (unpaired) electrons. The fraction of sp³-hybridized carbons (Fsp3) is 0.536. The number of carbonyl (C=O) groups is 1. The van der Waals surface area contributed by atoms with Crippen LogP contribution in [0, 0.1) is 17.7 Å². The third-order valence-electron chi connectivity index (χ3n) is 8.18. The quantitative estimate of drug-likeness (QED) is 0.443. The molecule has 2 fully saturated rings. The molecule has 0 amide bonds. The molecule has 0 aliphatic heterocycles. The van der Waals surface area contributed by atoms with Gasteiger partial charge in [0.25, 0.3) is 0 Å². The van der Waals surface area contributed by atoms with Crippen LogP contribution >= 0.6 is 0 Å². The summed E-state index contributed by atoms with van der Waals surface area (Å²) in [6.07, 6.45) is 5.29. The van der Waals surface area contributed by atoms with Gasteiger partial charge in [-0.1, -0.05) is 19.1 Å². The van der Waals surface area contributed by atoms with Gasteiger partial charge in [-0.05, 0) is 105 Å². The molecular formula is C28H34F2O4. The second-order valence-corrected chi connectivity index (χ2v) is 10.2. The maximum Gasteiger partial charge on any atom is 0.342 e. The van der Waals surface area contributed by atoms with Gasteiger partial charge in [0.1, 0.15) is 17.3 Å². The van der Waals surface area contributed by atoms with Gasteiger partial charge in [-0.25, -0.2) is 13.6 Å².